The van der Waals surface area contributed by atoms with Crippen LogP contribution in [0, 0.1) is 25.6 Å². The second-order valence-electron chi connectivity index (χ2n) is 6.05. The first-order chi connectivity index (χ1) is 13.5. The van der Waals surface area contributed by atoms with Crippen LogP contribution in [0.2, 0.25) is 0 Å². The molecule has 0 radical (unpaired) electrons. The van der Waals surface area contributed by atoms with Gasteiger partial charge in [0.15, 0.2) is 5.82 Å². The number of allylic oxidation sites excluding steroid dienone is 4. The first-order valence-electron chi connectivity index (χ1n) is 8.82. The Bertz CT molecular complexity index is 914. The van der Waals surface area contributed by atoms with Gasteiger partial charge in [-0.15, -0.1) is 17.9 Å². The minimum absolute atomic E-state index is 0.272. The molecule has 6 nitrogen and oxygen atoms in total. The van der Waals surface area contributed by atoms with Crippen LogP contribution in [0.5, 0.6) is 0 Å². The van der Waals surface area contributed by atoms with Crippen molar-refractivity contribution in [2.75, 3.05) is 11.4 Å². The molecule has 1 atom stereocenters. The predicted octanol–water partition coefficient (Wildman–Crippen LogP) is 4.57. The molecule has 146 valence electrons. The molecule has 2 heterocycles. The molecule has 1 amide bonds. The van der Waals surface area contributed by atoms with E-state index < -0.39 is 12.2 Å². The number of hydrogen-bond donors (Lipinski definition) is 1. The number of cyclic esters (lactones) is 1. The Balaban J connectivity index is 0.00000136. The van der Waals surface area contributed by atoms with Crippen LogP contribution in [0.4, 0.5) is 15.1 Å². The standard InChI is InChI=1S/C19H21FN4O2.C2H2/c1-4-6-13(5-2)17-21-18(23-22-17)24-10-9-16(26-19(24)25)14-7-8-15(20)12(3)11-14;1-2/h4-8,11,16H,9-10H2,1-3H3,(H,21,22,23);1-2H/b6-4-,13-5+;. The molecule has 2 aromatic rings. The van der Waals surface area contributed by atoms with Gasteiger partial charge in [0.1, 0.15) is 11.9 Å². The maximum absolute atomic E-state index is 13.4. The van der Waals surface area contributed by atoms with Gasteiger partial charge in [0.25, 0.3) is 5.95 Å². The number of amides is 1. The zero-order valence-corrected chi connectivity index (χ0v) is 16.1. The van der Waals surface area contributed by atoms with Gasteiger partial charge < -0.3 is 4.74 Å². The zero-order chi connectivity index (χ0) is 20.7. The van der Waals surface area contributed by atoms with Crippen LogP contribution >= 0.6 is 0 Å². The molecule has 7 heteroatoms. The number of halogens is 1. The minimum atomic E-state index is -0.512. The number of nitrogens with zero attached hydrogens (tertiary/aromatic N) is 3. The number of anilines is 1. The number of terminal acetylenes is 1. The average Bonchev–Trinajstić information content (AvgIpc) is 3.19. The monoisotopic (exact) mass is 382 g/mol. The third kappa shape index (κ3) is 4.46. The summed E-state index contributed by atoms with van der Waals surface area (Å²) in [6.45, 7) is 5.93. The molecule has 1 N–H and O–H groups in total. The van der Waals surface area contributed by atoms with Crippen molar-refractivity contribution >= 4 is 17.6 Å². The summed E-state index contributed by atoms with van der Waals surface area (Å²) in [7, 11) is 0. The topological polar surface area (TPSA) is 71.1 Å². The lowest BCUT2D eigenvalue weighted by Crippen LogP contribution is -2.39. The van der Waals surface area contributed by atoms with Crippen LogP contribution in [-0.4, -0.2) is 27.8 Å². The van der Waals surface area contributed by atoms with Crippen LogP contribution in [0.25, 0.3) is 5.57 Å². The maximum atomic E-state index is 13.4. The van der Waals surface area contributed by atoms with E-state index in [1.165, 1.54) is 11.0 Å². The van der Waals surface area contributed by atoms with Gasteiger partial charge in [-0.2, -0.15) is 4.98 Å². The highest BCUT2D eigenvalue weighted by Crippen LogP contribution is 2.29. The minimum Gasteiger partial charge on any atom is -0.441 e. The number of nitrogens with one attached hydrogen (secondary N) is 1. The van der Waals surface area contributed by atoms with E-state index in [0.717, 1.165) is 11.1 Å². The lowest BCUT2D eigenvalue weighted by Gasteiger charge is -2.30. The largest absolute Gasteiger partial charge is 0.441 e. The van der Waals surface area contributed by atoms with Gasteiger partial charge in [-0.3, -0.25) is 5.10 Å². The molecule has 1 aliphatic rings. The number of ether oxygens (including phenoxy) is 1. The third-order valence-corrected chi connectivity index (χ3v) is 4.28. The van der Waals surface area contributed by atoms with Crippen LogP contribution in [0.1, 0.15) is 43.3 Å². The molecule has 1 unspecified atom stereocenters. The number of aryl methyl sites for hydroxylation is 1. The Kier molecular flexibility index (Phi) is 7.10. The van der Waals surface area contributed by atoms with Crippen molar-refractivity contribution in [2.24, 2.45) is 0 Å². The SMILES string of the molecule is C#C.C/C=C\C(=C/C)c1nc(N2CCC(c3ccc(F)c(C)c3)OC2=O)n[nH]1. The Morgan fingerprint density at radius 3 is 2.75 bits per heavy atom. The molecule has 1 aromatic carbocycles. The molecular weight excluding hydrogens is 359 g/mol. The van der Waals surface area contributed by atoms with Crippen LogP contribution < -0.4 is 4.90 Å². The Labute approximate surface area is 164 Å². The number of aromatic amines is 1. The lowest BCUT2D eigenvalue weighted by molar-refractivity contribution is 0.0836. The normalized spacial score (nSPS) is 17.2. The number of rotatable bonds is 4. The van der Waals surface area contributed by atoms with E-state index in [2.05, 4.69) is 28.0 Å². The first kappa shape index (κ1) is 20.9. The summed E-state index contributed by atoms with van der Waals surface area (Å²) in [5.74, 6) is 0.596. The van der Waals surface area contributed by atoms with Crippen LogP contribution in [0.3, 0.4) is 0 Å². The molecule has 1 aromatic heterocycles. The van der Waals surface area contributed by atoms with Crippen molar-refractivity contribution in [3.63, 3.8) is 0 Å². The van der Waals surface area contributed by atoms with E-state index in [1.54, 1.807) is 19.1 Å². The Morgan fingerprint density at radius 2 is 2.14 bits per heavy atom. The summed E-state index contributed by atoms with van der Waals surface area (Å²) in [6, 6.07) is 4.76. The van der Waals surface area contributed by atoms with Crippen molar-refractivity contribution in [1.82, 2.24) is 15.2 Å². The molecule has 3 rings (SSSR count). The molecule has 1 saturated heterocycles. The fraction of sp³-hybridized carbons (Fsp3) is 0.286. The molecule has 0 bridgehead atoms. The number of aromatic nitrogens is 3. The molecule has 0 spiro atoms. The number of carbonyl (C=O) groups excluding carboxylic acids is 1. The van der Waals surface area contributed by atoms with Crippen molar-refractivity contribution in [1.29, 1.82) is 0 Å². The molecular formula is C21H23FN4O2. The smallest absolute Gasteiger partial charge is 0.417 e. The summed E-state index contributed by atoms with van der Waals surface area (Å²) >= 11 is 0. The number of carbonyl (C=O) groups is 1. The second-order valence-corrected chi connectivity index (χ2v) is 6.05. The highest BCUT2D eigenvalue weighted by Gasteiger charge is 2.31. The van der Waals surface area contributed by atoms with E-state index in [9.17, 15) is 9.18 Å². The van der Waals surface area contributed by atoms with Crippen LogP contribution in [-0.2, 0) is 4.74 Å². The fourth-order valence-electron chi connectivity index (χ4n) is 2.86. The molecule has 0 aliphatic carbocycles. The van der Waals surface area contributed by atoms with Gasteiger partial charge in [0, 0.05) is 18.5 Å². The van der Waals surface area contributed by atoms with E-state index in [4.69, 9.17) is 4.74 Å². The Hall–Kier alpha value is -3.40. The van der Waals surface area contributed by atoms with Gasteiger partial charge in [-0.25, -0.2) is 14.1 Å². The summed E-state index contributed by atoms with van der Waals surface area (Å²) in [6.07, 6.45) is 13.4. The molecule has 28 heavy (non-hydrogen) atoms. The van der Waals surface area contributed by atoms with E-state index in [1.807, 2.05) is 32.1 Å². The van der Waals surface area contributed by atoms with Crippen molar-refractivity contribution in [2.45, 2.75) is 33.3 Å². The number of benzene rings is 1. The predicted molar refractivity (Wildman–Crippen MR) is 107 cm³/mol. The van der Waals surface area contributed by atoms with Crippen LogP contribution in [0.15, 0.2) is 36.4 Å². The summed E-state index contributed by atoms with van der Waals surface area (Å²) in [5.41, 5.74) is 2.20. The maximum Gasteiger partial charge on any atom is 0.417 e. The van der Waals surface area contributed by atoms with Gasteiger partial charge in [0.05, 0.1) is 0 Å². The fourth-order valence-corrected chi connectivity index (χ4v) is 2.86. The zero-order valence-electron chi connectivity index (χ0n) is 16.1. The highest BCUT2D eigenvalue weighted by molar-refractivity contribution is 5.86. The second kappa shape index (κ2) is 9.51. The van der Waals surface area contributed by atoms with E-state index >= 15 is 0 Å². The lowest BCUT2D eigenvalue weighted by atomic mass is 10.0. The average molecular weight is 382 g/mol. The first-order valence-corrected chi connectivity index (χ1v) is 8.82. The summed E-state index contributed by atoms with van der Waals surface area (Å²) in [4.78, 5) is 18.2. The summed E-state index contributed by atoms with van der Waals surface area (Å²) < 4.78 is 19.0. The highest BCUT2D eigenvalue weighted by atomic mass is 19.1. The van der Waals surface area contributed by atoms with Crippen molar-refractivity contribution in [3.05, 3.63) is 59.2 Å². The quantitative estimate of drug-likeness (QED) is 0.621. The van der Waals surface area contributed by atoms with Gasteiger partial charge in [-0.05, 0) is 44.0 Å². The number of H-pyrrole nitrogens is 1. The van der Waals surface area contributed by atoms with Crippen molar-refractivity contribution < 1.29 is 13.9 Å². The van der Waals surface area contributed by atoms with Gasteiger partial charge >= 0.3 is 6.09 Å². The van der Waals surface area contributed by atoms with Crippen molar-refractivity contribution in [3.8, 4) is 12.8 Å². The van der Waals surface area contributed by atoms with Gasteiger partial charge in [0.2, 0.25) is 0 Å². The van der Waals surface area contributed by atoms with Gasteiger partial charge in [-0.1, -0.05) is 24.3 Å². The Morgan fingerprint density at radius 1 is 1.39 bits per heavy atom. The number of hydrogen-bond acceptors (Lipinski definition) is 4. The van der Waals surface area contributed by atoms with E-state index in [0.29, 0.717) is 24.4 Å². The third-order valence-electron chi connectivity index (χ3n) is 4.28. The molecule has 1 fully saturated rings. The summed E-state index contributed by atoms with van der Waals surface area (Å²) in [5, 5.41) is 6.97. The molecule has 1 aliphatic heterocycles. The van der Waals surface area contributed by atoms with E-state index in [-0.39, 0.29) is 11.8 Å². The molecule has 0 saturated carbocycles.